The van der Waals surface area contributed by atoms with Crippen molar-refractivity contribution in [2.45, 2.75) is 19.9 Å². The van der Waals surface area contributed by atoms with Crippen LogP contribution in [0.15, 0.2) is 46.9 Å². The molecule has 0 radical (unpaired) electrons. The first-order valence-corrected chi connectivity index (χ1v) is 9.57. The van der Waals surface area contributed by atoms with Crippen molar-refractivity contribution in [3.8, 4) is 0 Å². The van der Waals surface area contributed by atoms with E-state index >= 15 is 0 Å². The van der Waals surface area contributed by atoms with Gasteiger partial charge in [-0.2, -0.15) is 0 Å². The summed E-state index contributed by atoms with van der Waals surface area (Å²) in [4.78, 5) is 35.9. The summed E-state index contributed by atoms with van der Waals surface area (Å²) in [7, 11) is 0. The van der Waals surface area contributed by atoms with E-state index in [1.54, 1.807) is 18.2 Å². The molecule has 0 atom stereocenters. The number of hydrogen-bond acceptors (Lipinski definition) is 3. The standard InChI is InChI=1S/C20H21BrFN3O3/c1-2-23-19(27)14-5-3-4-13(10-14)12-25-18(26)8-9-24-20(28)16-11-15(22)6-7-17(16)21/h3-7,10-11H,2,8-9,12H2,1H3,(H,23,27)(H,24,28)(H,25,26). The van der Waals surface area contributed by atoms with Gasteiger partial charge in [-0.25, -0.2) is 4.39 Å². The molecule has 0 saturated heterocycles. The van der Waals surface area contributed by atoms with Crippen LogP contribution in [0.5, 0.6) is 0 Å². The van der Waals surface area contributed by atoms with Crippen LogP contribution in [-0.4, -0.2) is 30.8 Å². The van der Waals surface area contributed by atoms with Gasteiger partial charge < -0.3 is 16.0 Å². The van der Waals surface area contributed by atoms with E-state index in [4.69, 9.17) is 0 Å². The maximum atomic E-state index is 13.3. The van der Waals surface area contributed by atoms with E-state index < -0.39 is 11.7 Å². The highest BCUT2D eigenvalue weighted by Crippen LogP contribution is 2.17. The molecule has 8 heteroatoms. The molecule has 0 spiro atoms. The normalized spacial score (nSPS) is 10.2. The predicted molar refractivity (Wildman–Crippen MR) is 107 cm³/mol. The molecule has 0 bridgehead atoms. The summed E-state index contributed by atoms with van der Waals surface area (Å²) in [6.07, 6.45) is 0.0781. The van der Waals surface area contributed by atoms with Gasteiger partial charge in [-0.05, 0) is 58.7 Å². The Kier molecular flexibility index (Phi) is 8.13. The van der Waals surface area contributed by atoms with Crippen molar-refractivity contribution in [3.63, 3.8) is 0 Å². The molecule has 0 aliphatic carbocycles. The van der Waals surface area contributed by atoms with E-state index in [2.05, 4.69) is 31.9 Å². The quantitative estimate of drug-likeness (QED) is 0.578. The van der Waals surface area contributed by atoms with Crippen molar-refractivity contribution in [1.29, 1.82) is 0 Å². The zero-order valence-corrected chi connectivity index (χ0v) is 16.9. The SMILES string of the molecule is CCNC(=O)c1cccc(CNC(=O)CCNC(=O)c2cc(F)ccc2Br)c1. The van der Waals surface area contributed by atoms with Crippen LogP contribution >= 0.6 is 15.9 Å². The molecule has 3 N–H and O–H groups in total. The third-order valence-electron chi connectivity index (χ3n) is 3.83. The number of halogens is 2. The molecule has 0 unspecified atom stereocenters. The summed E-state index contributed by atoms with van der Waals surface area (Å²) in [6.45, 7) is 2.77. The van der Waals surface area contributed by atoms with Gasteiger partial charge in [0.25, 0.3) is 11.8 Å². The second-order valence-electron chi connectivity index (χ2n) is 5.97. The maximum Gasteiger partial charge on any atom is 0.252 e. The molecule has 6 nitrogen and oxygen atoms in total. The lowest BCUT2D eigenvalue weighted by Crippen LogP contribution is -2.30. The minimum absolute atomic E-state index is 0.0781. The van der Waals surface area contributed by atoms with Crippen molar-refractivity contribution in [3.05, 3.63) is 69.4 Å². The molecule has 0 aliphatic heterocycles. The van der Waals surface area contributed by atoms with Crippen molar-refractivity contribution >= 4 is 33.7 Å². The average molecular weight is 450 g/mol. The first kappa shape index (κ1) is 21.6. The lowest BCUT2D eigenvalue weighted by atomic mass is 10.1. The van der Waals surface area contributed by atoms with E-state index in [1.807, 2.05) is 13.0 Å². The van der Waals surface area contributed by atoms with Crippen LogP contribution in [0, 0.1) is 5.82 Å². The Hall–Kier alpha value is -2.74. The first-order chi connectivity index (χ1) is 13.4. The Bertz CT molecular complexity index is 874. The third-order valence-corrected chi connectivity index (χ3v) is 4.52. The summed E-state index contributed by atoms with van der Waals surface area (Å²) < 4.78 is 13.7. The Morgan fingerprint density at radius 3 is 2.54 bits per heavy atom. The van der Waals surface area contributed by atoms with Crippen LogP contribution < -0.4 is 16.0 Å². The van der Waals surface area contributed by atoms with Gasteiger partial charge in [-0.15, -0.1) is 0 Å². The van der Waals surface area contributed by atoms with E-state index in [9.17, 15) is 18.8 Å². The molecule has 0 aromatic heterocycles. The van der Waals surface area contributed by atoms with Crippen LogP contribution in [0.4, 0.5) is 4.39 Å². The average Bonchev–Trinajstić information content (AvgIpc) is 2.68. The van der Waals surface area contributed by atoms with Gasteiger partial charge in [0.05, 0.1) is 5.56 Å². The number of carbonyl (C=O) groups excluding carboxylic acids is 3. The van der Waals surface area contributed by atoms with Crippen molar-refractivity contribution in [2.75, 3.05) is 13.1 Å². The third kappa shape index (κ3) is 6.45. The van der Waals surface area contributed by atoms with Gasteiger partial charge >= 0.3 is 0 Å². The molecule has 0 saturated carbocycles. The topological polar surface area (TPSA) is 87.3 Å². The summed E-state index contributed by atoms with van der Waals surface area (Å²) in [5, 5.41) is 8.04. The van der Waals surface area contributed by atoms with Gasteiger partial charge in [0.1, 0.15) is 5.82 Å². The molecule has 2 rings (SSSR count). The van der Waals surface area contributed by atoms with Gasteiger partial charge in [0.2, 0.25) is 5.91 Å². The Balaban J connectivity index is 1.79. The number of hydrogen-bond donors (Lipinski definition) is 3. The van der Waals surface area contributed by atoms with E-state index in [0.717, 1.165) is 11.6 Å². The Morgan fingerprint density at radius 2 is 1.79 bits per heavy atom. The van der Waals surface area contributed by atoms with Gasteiger partial charge in [0, 0.05) is 36.1 Å². The second kappa shape index (κ2) is 10.6. The molecule has 2 aromatic carbocycles. The number of rotatable bonds is 8. The summed E-state index contributed by atoms with van der Waals surface area (Å²) >= 11 is 3.19. The molecular weight excluding hydrogens is 429 g/mol. The molecule has 148 valence electrons. The number of carbonyl (C=O) groups is 3. The number of benzene rings is 2. The lowest BCUT2D eigenvalue weighted by Gasteiger charge is -2.09. The highest BCUT2D eigenvalue weighted by Gasteiger charge is 2.11. The maximum absolute atomic E-state index is 13.3. The fraction of sp³-hybridized carbons (Fsp3) is 0.250. The van der Waals surface area contributed by atoms with Crippen LogP contribution in [0.1, 0.15) is 39.6 Å². The predicted octanol–water partition coefficient (Wildman–Crippen LogP) is 2.77. The fourth-order valence-corrected chi connectivity index (χ4v) is 2.86. The Morgan fingerprint density at radius 1 is 1.00 bits per heavy atom. The highest BCUT2D eigenvalue weighted by atomic mass is 79.9. The van der Waals surface area contributed by atoms with E-state index in [0.29, 0.717) is 16.6 Å². The minimum atomic E-state index is -0.513. The molecule has 2 aromatic rings. The second-order valence-corrected chi connectivity index (χ2v) is 6.82. The highest BCUT2D eigenvalue weighted by molar-refractivity contribution is 9.10. The molecule has 3 amide bonds. The van der Waals surface area contributed by atoms with E-state index in [-0.39, 0.29) is 36.9 Å². The first-order valence-electron chi connectivity index (χ1n) is 8.77. The van der Waals surface area contributed by atoms with Crippen LogP contribution in [0.3, 0.4) is 0 Å². The van der Waals surface area contributed by atoms with Crippen molar-refractivity contribution < 1.29 is 18.8 Å². The molecule has 0 heterocycles. The van der Waals surface area contributed by atoms with Crippen LogP contribution in [0.2, 0.25) is 0 Å². The van der Waals surface area contributed by atoms with Crippen LogP contribution in [0.25, 0.3) is 0 Å². The monoisotopic (exact) mass is 449 g/mol. The summed E-state index contributed by atoms with van der Waals surface area (Å²) in [5.41, 5.74) is 1.49. The minimum Gasteiger partial charge on any atom is -0.352 e. The number of nitrogens with one attached hydrogen (secondary N) is 3. The van der Waals surface area contributed by atoms with Gasteiger partial charge in [-0.1, -0.05) is 12.1 Å². The van der Waals surface area contributed by atoms with Crippen molar-refractivity contribution in [1.82, 2.24) is 16.0 Å². The molecule has 28 heavy (non-hydrogen) atoms. The summed E-state index contributed by atoms with van der Waals surface area (Å²) in [5.74, 6) is -1.39. The largest absolute Gasteiger partial charge is 0.352 e. The smallest absolute Gasteiger partial charge is 0.252 e. The lowest BCUT2D eigenvalue weighted by molar-refractivity contribution is -0.121. The molecular formula is C20H21BrFN3O3. The van der Waals surface area contributed by atoms with Crippen LogP contribution in [-0.2, 0) is 11.3 Å². The molecule has 0 fully saturated rings. The van der Waals surface area contributed by atoms with Gasteiger partial charge in [-0.3, -0.25) is 14.4 Å². The fourth-order valence-electron chi connectivity index (χ4n) is 2.43. The zero-order valence-electron chi connectivity index (χ0n) is 15.4. The Labute approximate surface area is 171 Å². The van der Waals surface area contributed by atoms with E-state index in [1.165, 1.54) is 12.1 Å². The number of amides is 3. The summed E-state index contributed by atoms with van der Waals surface area (Å²) in [6, 6.07) is 10.8. The zero-order chi connectivity index (χ0) is 20.5. The van der Waals surface area contributed by atoms with Gasteiger partial charge in [0.15, 0.2) is 0 Å². The molecule has 0 aliphatic rings. The van der Waals surface area contributed by atoms with Crippen molar-refractivity contribution in [2.24, 2.45) is 0 Å².